The fourth-order valence-corrected chi connectivity index (χ4v) is 3.31. The summed E-state index contributed by atoms with van der Waals surface area (Å²) in [5, 5.41) is 0. The van der Waals surface area contributed by atoms with Crippen molar-refractivity contribution in [2.45, 2.75) is 39.2 Å². The van der Waals surface area contributed by atoms with Crippen molar-refractivity contribution >= 4 is 23.7 Å². The van der Waals surface area contributed by atoms with Gasteiger partial charge in [-0.3, -0.25) is 0 Å². The largest absolute Gasteiger partial charge is 0.324 e. The fraction of sp³-hybridized carbons (Fsp3) is 0.600. The molecule has 74 valence electrons. The molecule has 13 heavy (non-hydrogen) atoms. The number of thiophene rings is 1. The molecule has 0 fully saturated rings. The highest BCUT2D eigenvalue weighted by Gasteiger charge is 2.21. The summed E-state index contributed by atoms with van der Waals surface area (Å²) in [6, 6.07) is 0.318. The van der Waals surface area contributed by atoms with Gasteiger partial charge in [0.1, 0.15) is 0 Å². The molecule has 0 aromatic carbocycles. The molecule has 1 unspecified atom stereocenters. The Hall–Kier alpha value is -0.0500. The lowest BCUT2D eigenvalue weighted by Gasteiger charge is -2.19. The highest BCUT2D eigenvalue weighted by molar-refractivity contribution is 7.12. The Morgan fingerprint density at radius 3 is 2.69 bits per heavy atom. The van der Waals surface area contributed by atoms with Gasteiger partial charge in [-0.05, 0) is 44.2 Å². The van der Waals surface area contributed by atoms with Gasteiger partial charge in [0, 0.05) is 15.8 Å². The van der Waals surface area contributed by atoms with Crippen molar-refractivity contribution < 1.29 is 0 Å². The van der Waals surface area contributed by atoms with Gasteiger partial charge >= 0.3 is 0 Å². The quantitative estimate of drug-likeness (QED) is 0.710. The monoisotopic (exact) mass is 217 g/mol. The van der Waals surface area contributed by atoms with Crippen LogP contribution in [0.4, 0.5) is 0 Å². The maximum atomic E-state index is 6.07. The van der Waals surface area contributed by atoms with E-state index in [1.54, 1.807) is 4.88 Å². The van der Waals surface area contributed by atoms with Gasteiger partial charge in [0.05, 0.1) is 0 Å². The van der Waals surface area contributed by atoms with E-state index < -0.39 is 0 Å². The Bertz CT molecular complexity index is 306. The summed E-state index contributed by atoms with van der Waals surface area (Å²) in [6.45, 7) is 4.40. The summed E-state index contributed by atoms with van der Waals surface area (Å²) >= 11 is 1.94. The minimum Gasteiger partial charge on any atom is -0.324 e. The smallest absolute Gasteiger partial charge is 0.0308 e. The molecule has 0 spiro atoms. The van der Waals surface area contributed by atoms with Gasteiger partial charge in [-0.15, -0.1) is 23.7 Å². The Kier molecular flexibility index (Phi) is 3.38. The molecule has 1 aliphatic rings. The van der Waals surface area contributed by atoms with Crippen LogP contribution in [-0.2, 0) is 6.42 Å². The number of halogens is 1. The van der Waals surface area contributed by atoms with Gasteiger partial charge < -0.3 is 5.73 Å². The molecule has 0 radical (unpaired) electrons. The Labute approximate surface area is 89.7 Å². The van der Waals surface area contributed by atoms with Crippen LogP contribution in [0.15, 0.2) is 0 Å². The minimum absolute atomic E-state index is 0. The first-order chi connectivity index (χ1) is 5.70. The zero-order chi connectivity index (χ0) is 8.72. The van der Waals surface area contributed by atoms with E-state index in [1.165, 1.54) is 35.3 Å². The third-order valence-corrected chi connectivity index (χ3v) is 4.08. The Morgan fingerprint density at radius 2 is 2.08 bits per heavy atom. The fourth-order valence-electron chi connectivity index (χ4n) is 2.01. The van der Waals surface area contributed by atoms with Crippen LogP contribution in [0.2, 0.25) is 0 Å². The first kappa shape index (κ1) is 11.0. The average Bonchev–Trinajstić information content (AvgIpc) is 2.29. The van der Waals surface area contributed by atoms with Gasteiger partial charge in [-0.1, -0.05) is 0 Å². The molecule has 2 N–H and O–H groups in total. The average molecular weight is 218 g/mol. The van der Waals surface area contributed by atoms with Crippen molar-refractivity contribution in [1.82, 2.24) is 0 Å². The van der Waals surface area contributed by atoms with Crippen LogP contribution >= 0.6 is 23.7 Å². The Balaban J connectivity index is 0.000000845. The van der Waals surface area contributed by atoms with Crippen molar-refractivity contribution in [3.05, 3.63) is 20.9 Å². The van der Waals surface area contributed by atoms with Gasteiger partial charge in [-0.25, -0.2) is 0 Å². The van der Waals surface area contributed by atoms with E-state index in [1.807, 2.05) is 11.3 Å². The molecule has 2 rings (SSSR count). The first-order valence-electron chi connectivity index (χ1n) is 4.54. The number of nitrogens with two attached hydrogens (primary N) is 1. The highest BCUT2D eigenvalue weighted by atomic mass is 35.5. The van der Waals surface area contributed by atoms with Crippen LogP contribution in [0, 0.1) is 13.8 Å². The van der Waals surface area contributed by atoms with Gasteiger partial charge in [0.15, 0.2) is 0 Å². The highest BCUT2D eigenvalue weighted by Crippen LogP contribution is 2.37. The second-order valence-corrected chi connectivity index (χ2v) is 4.93. The van der Waals surface area contributed by atoms with E-state index in [0.29, 0.717) is 6.04 Å². The summed E-state index contributed by atoms with van der Waals surface area (Å²) in [7, 11) is 0. The van der Waals surface area contributed by atoms with Crippen LogP contribution in [0.3, 0.4) is 0 Å². The lowest BCUT2D eigenvalue weighted by molar-refractivity contribution is 0.575. The number of fused-ring (bicyclic) bond motifs is 1. The van der Waals surface area contributed by atoms with Crippen molar-refractivity contribution in [3.63, 3.8) is 0 Å². The molecule has 0 saturated heterocycles. The SMILES string of the molecule is Cc1sc2c(c1C)C(N)CCC2.Cl. The maximum absolute atomic E-state index is 6.07. The summed E-state index contributed by atoms with van der Waals surface area (Å²) in [6.07, 6.45) is 3.69. The Morgan fingerprint density at radius 1 is 1.38 bits per heavy atom. The lowest BCUT2D eigenvalue weighted by Crippen LogP contribution is -2.16. The zero-order valence-corrected chi connectivity index (χ0v) is 9.73. The van der Waals surface area contributed by atoms with E-state index in [9.17, 15) is 0 Å². The molecule has 0 aliphatic heterocycles. The third-order valence-electron chi connectivity index (χ3n) is 2.80. The zero-order valence-electron chi connectivity index (χ0n) is 8.09. The summed E-state index contributed by atoms with van der Waals surface area (Å²) in [4.78, 5) is 3.00. The predicted molar refractivity (Wildman–Crippen MR) is 60.9 cm³/mol. The van der Waals surface area contributed by atoms with Crippen LogP contribution in [0.1, 0.15) is 39.8 Å². The van der Waals surface area contributed by atoms with E-state index in [-0.39, 0.29) is 12.4 Å². The van der Waals surface area contributed by atoms with Crippen molar-refractivity contribution in [3.8, 4) is 0 Å². The van der Waals surface area contributed by atoms with Crippen molar-refractivity contribution in [2.24, 2.45) is 5.73 Å². The van der Waals surface area contributed by atoms with E-state index >= 15 is 0 Å². The van der Waals surface area contributed by atoms with Gasteiger partial charge in [0.2, 0.25) is 0 Å². The molecule has 0 amide bonds. The number of rotatable bonds is 0. The molecule has 0 bridgehead atoms. The molecule has 1 aromatic heterocycles. The molecule has 1 heterocycles. The summed E-state index contributed by atoms with van der Waals surface area (Å²) in [5.41, 5.74) is 8.98. The van der Waals surface area contributed by atoms with E-state index in [0.717, 1.165) is 0 Å². The number of hydrogen-bond donors (Lipinski definition) is 1. The number of aryl methyl sites for hydroxylation is 2. The van der Waals surface area contributed by atoms with Crippen LogP contribution < -0.4 is 5.73 Å². The van der Waals surface area contributed by atoms with E-state index in [2.05, 4.69) is 13.8 Å². The van der Waals surface area contributed by atoms with Crippen molar-refractivity contribution in [2.75, 3.05) is 0 Å². The number of hydrogen-bond acceptors (Lipinski definition) is 2. The normalized spacial score (nSPS) is 20.7. The summed E-state index contributed by atoms with van der Waals surface area (Å²) < 4.78 is 0. The second kappa shape index (κ2) is 3.99. The first-order valence-corrected chi connectivity index (χ1v) is 5.36. The molecule has 1 aromatic rings. The molecule has 1 aliphatic carbocycles. The van der Waals surface area contributed by atoms with Crippen LogP contribution in [-0.4, -0.2) is 0 Å². The second-order valence-electron chi connectivity index (χ2n) is 3.62. The molecule has 0 saturated carbocycles. The van der Waals surface area contributed by atoms with Crippen molar-refractivity contribution in [1.29, 1.82) is 0 Å². The topological polar surface area (TPSA) is 26.0 Å². The lowest BCUT2D eigenvalue weighted by atomic mass is 9.91. The summed E-state index contributed by atoms with van der Waals surface area (Å²) in [5.74, 6) is 0. The molecular formula is C10H16ClNS. The van der Waals surface area contributed by atoms with Crippen LogP contribution in [0.25, 0.3) is 0 Å². The molecule has 3 heteroatoms. The molecule has 1 nitrogen and oxygen atoms in total. The predicted octanol–water partition coefficient (Wildman–Crippen LogP) is 3.12. The van der Waals surface area contributed by atoms with Gasteiger partial charge in [0.25, 0.3) is 0 Å². The van der Waals surface area contributed by atoms with Gasteiger partial charge in [-0.2, -0.15) is 0 Å². The van der Waals surface area contributed by atoms with E-state index in [4.69, 9.17) is 5.73 Å². The standard InChI is InChI=1S/C10H15NS.ClH/c1-6-7(2)12-9-5-3-4-8(11)10(6)9;/h8H,3-5,11H2,1-2H3;1H. The molecule has 1 atom stereocenters. The maximum Gasteiger partial charge on any atom is 0.0308 e. The third kappa shape index (κ3) is 1.76. The van der Waals surface area contributed by atoms with Crippen LogP contribution in [0.5, 0.6) is 0 Å². The minimum atomic E-state index is 0. The molecular weight excluding hydrogens is 202 g/mol.